The molecular weight excluding hydrogens is 346 g/mol. The first-order valence-corrected chi connectivity index (χ1v) is 8.74. The molecule has 7 heteroatoms. The fourth-order valence-electron chi connectivity index (χ4n) is 2.33. The van der Waals surface area contributed by atoms with Crippen LogP contribution in [0.25, 0.3) is 0 Å². The Labute approximate surface area is 126 Å². The summed E-state index contributed by atoms with van der Waals surface area (Å²) in [6.07, 6.45) is 1.13. The van der Waals surface area contributed by atoms with E-state index in [0.29, 0.717) is 24.9 Å². The highest BCUT2D eigenvalue weighted by Gasteiger charge is 2.32. The highest BCUT2D eigenvalue weighted by molar-refractivity contribution is 9.10. The molecule has 20 heavy (non-hydrogen) atoms. The summed E-state index contributed by atoms with van der Waals surface area (Å²) >= 11 is 3.31. The van der Waals surface area contributed by atoms with Gasteiger partial charge in [0.1, 0.15) is 0 Å². The molecule has 1 aromatic carbocycles. The number of sulfonamides is 1. The largest absolute Gasteiger partial charge is 0.481 e. The Balaban J connectivity index is 2.12. The molecule has 5 nitrogen and oxygen atoms in total. The number of rotatable bonds is 4. The number of carboxylic acid groups (broad SMARTS) is 1. The molecule has 0 bridgehead atoms. The minimum absolute atomic E-state index is 0.0751. The van der Waals surface area contributed by atoms with Crippen LogP contribution in [-0.2, 0) is 20.6 Å². The van der Waals surface area contributed by atoms with Crippen molar-refractivity contribution in [1.29, 1.82) is 0 Å². The van der Waals surface area contributed by atoms with Crippen molar-refractivity contribution in [2.75, 3.05) is 13.1 Å². The number of nitrogens with zero attached hydrogens (tertiary/aromatic N) is 1. The molecule has 1 aliphatic rings. The van der Waals surface area contributed by atoms with Crippen LogP contribution in [0.1, 0.15) is 18.4 Å². The Bertz CT molecular complexity index is 602. The second kappa shape index (κ2) is 6.24. The summed E-state index contributed by atoms with van der Waals surface area (Å²) in [6.45, 7) is 0.478. The maximum atomic E-state index is 12.4. The number of aliphatic carboxylic acids is 1. The molecule has 1 atom stereocenters. The van der Waals surface area contributed by atoms with Crippen molar-refractivity contribution < 1.29 is 18.3 Å². The van der Waals surface area contributed by atoms with E-state index in [1.165, 1.54) is 4.31 Å². The van der Waals surface area contributed by atoms with Gasteiger partial charge in [-0.1, -0.05) is 28.1 Å². The molecule has 1 N–H and O–H groups in total. The van der Waals surface area contributed by atoms with Crippen molar-refractivity contribution in [2.45, 2.75) is 18.6 Å². The maximum absolute atomic E-state index is 12.4. The maximum Gasteiger partial charge on any atom is 0.307 e. The minimum Gasteiger partial charge on any atom is -0.481 e. The predicted octanol–water partition coefficient (Wildman–Crippen LogP) is 2.08. The molecule has 2 rings (SSSR count). The lowest BCUT2D eigenvalue weighted by atomic mass is 10.0. The van der Waals surface area contributed by atoms with Crippen LogP contribution in [0.4, 0.5) is 0 Å². The third kappa shape index (κ3) is 3.80. The summed E-state index contributed by atoms with van der Waals surface area (Å²) in [5, 5.41) is 9.02. The highest BCUT2D eigenvalue weighted by atomic mass is 79.9. The van der Waals surface area contributed by atoms with Gasteiger partial charge in [-0.05, 0) is 30.5 Å². The van der Waals surface area contributed by atoms with Crippen molar-refractivity contribution >= 4 is 31.9 Å². The molecule has 1 heterocycles. The van der Waals surface area contributed by atoms with E-state index in [0.717, 1.165) is 4.47 Å². The van der Waals surface area contributed by atoms with E-state index in [2.05, 4.69) is 15.9 Å². The van der Waals surface area contributed by atoms with Crippen LogP contribution in [0.2, 0.25) is 0 Å². The number of carboxylic acids is 1. The average Bonchev–Trinajstić information content (AvgIpc) is 2.38. The number of hydrogen-bond donors (Lipinski definition) is 1. The summed E-state index contributed by atoms with van der Waals surface area (Å²) in [7, 11) is -3.47. The second-order valence-electron chi connectivity index (χ2n) is 4.92. The Morgan fingerprint density at radius 3 is 2.85 bits per heavy atom. The summed E-state index contributed by atoms with van der Waals surface area (Å²) in [5.41, 5.74) is 0.692. The lowest BCUT2D eigenvalue weighted by Gasteiger charge is -2.29. The molecular formula is C13H16BrNO4S. The predicted molar refractivity (Wildman–Crippen MR) is 78.7 cm³/mol. The van der Waals surface area contributed by atoms with Crippen LogP contribution in [0.3, 0.4) is 0 Å². The molecule has 1 unspecified atom stereocenters. The van der Waals surface area contributed by atoms with E-state index in [4.69, 9.17) is 5.11 Å². The minimum atomic E-state index is -3.47. The van der Waals surface area contributed by atoms with Crippen LogP contribution in [-0.4, -0.2) is 36.9 Å². The fourth-order valence-corrected chi connectivity index (χ4v) is 4.37. The Kier molecular flexibility index (Phi) is 4.82. The van der Waals surface area contributed by atoms with E-state index in [9.17, 15) is 13.2 Å². The number of benzene rings is 1. The zero-order chi connectivity index (χ0) is 14.8. The van der Waals surface area contributed by atoms with E-state index in [1.54, 1.807) is 18.2 Å². The van der Waals surface area contributed by atoms with Gasteiger partial charge in [0.25, 0.3) is 0 Å². The van der Waals surface area contributed by atoms with Crippen LogP contribution >= 0.6 is 15.9 Å². The lowest BCUT2D eigenvalue weighted by Crippen LogP contribution is -2.42. The van der Waals surface area contributed by atoms with Gasteiger partial charge in [-0.2, -0.15) is 0 Å². The highest BCUT2D eigenvalue weighted by Crippen LogP contribution is 2.22. The smallest absolute Gasteiger partial charge is 0.307 e. The Morgan fingerprint density at radius 1 is 1.45 bits per heavy atom. The van der Waals surface area contributed by atoms with Crippen molar-refractivity contribution in [3.63, 3.8) is 0 Å². The summed E-state index contributed by atoms with van der Waals surface area (Å²) in [6, 6.07) is 7.12. The molecule has 1 fully saturated rings. The van der Waals surface area contributed by atoms with Crippen LogP contribution in [0.5, 0.6) is 0 Å². The van der Waals surface area contributed by atoms with Crippen LogP contribution in [0, 0.1) is 5.92 Å². The summed E-state index contributed by atoms with van der Waals surface area (Å²) in [4.78, 5) is 11.0. The SMILES string of the molecule is O=C(O)C1CCCN(S(=O)(=O)Cc2cccc(Br)c2)C1. The molecule has 0 saturated carbocycles. The van der Waals surface area contributed by atoms with Gasteiger partial charge in [0.05, 0.1) is 11.7 Å². The lowest BCUT2D eigenvalue weighted by molar-refractivity contribution is -0.142. The molecule has 1 aliphatic heterocycles. The molecule has 0 radical (unpaired) electrons. The molecule has 1 saturated heterocycles. The zero-order valence-corrected chi connectivity index (χ0v) is 13.2. The average molecular weight is 362 g/mol. The first-order valence-electron chi connectivity index (χ1n) is 6.33. The summed E-state index contributed by atoms with van der Waals surface area (Å²) < 4.78 is 26.8. The van der Waals surface area contributed by atoms with Gasteiger partial charge < -0.3 is 5.11 Å². The fraction of sp³-hybridized carbons (Fsp3) is 0.462. The zero-order valence-electron chi connectivity index (χ0n) is 10.8. The Morgan fingerprint density at radius 2 is 2.20 bits per heavy atom. The molecule has 0 aromatic heterocycles. The van der Waals surface area contributed by atoms with Crippen LogP contribution in [0.15, 0.2) is 28.7 Å². The topological polar surface area (TPSA) is 74.7 Å². The normalized spacial score (nSPS) is 20.8. The van der Waals surface area contributed by atoms with Gasteiger partial charge in [-0.15, -0.1) is 0 Å². The van der Waals surface area contributed by atoms with Gasteiger partial charge >= 0.3 is 5.97 Å². The summed E-state index contributed by atoms with van der Waals surface area (Å²) in [5.74, 6) is -1.62. The number of hydrogen-bond acceptors (Lipinski definition) is 3. The standard InChI is InChI=1S/C13H16BrNO4S/c14-12-5-1-3-10(7-12)9-20(18,19)15-6-2-4-11(8-15)13(16)17/h1,3,5,7,11H,2,4,6,8-9H2,(H,16,17). The monoisotopic (exact) mass is 361 g/mol. The van der Waals surface area contributed by atoms with Crippen molar-refractivity contribution in [3.05, 3.63) is 34.3 Å². The molecule has 1 aromatic rings. The van der Waals surface area contributed by atoms with Gasteiger partial charge in [0, 0.05) is 17.6 Å². The molecule has 0 amide bonds. The third-order valence-corrected chi connectivity index (χ3v) is 5.67. The van der Waals surface area contributed by atoms with E-state index in [1.807, 2.05) is 6.07 Å². The molecule has 0 aliphatic carbocycles. The van der Waals surface area contributed by atoms with Crippen LogP contribution < -0.4 is 0 Å². The van der Waals surface area contributed by atoms with E-state index in [-0.39, 0.29) is 12.3 Å². The number of carbonyl (C=O) groups is 1. The first kappa shape index (κ1) is 15.5. The van der Waals surface area contributed by atoms with Crippen molar-refractivity contribution in [3.8, 4) is 0 Å². The van der Waals surface area contributed by atoms with Gasteiger partial charge in [-0.3, -0.25) is 4.79 Å². The van der Waals surface area contributed by atoms with Gasteiger partial charge in [0.2, 0.25) is 10.0 Å². The number of halogens is 1. The van der Waals surface area contributed by atoms with Crippen molar-refractivity contribution in [1.82, 2.24) is 4.31 Å². The van der Waals surface area contributed by atoms with Gasteiger partial charge in [-0.25, -0.2) is 12.7 Å². The van der Waals surface area contributed by atoms with E-state index < -0.39 is 21.9 Å². The van der Waals surface area contributed by atoms with Crippen molar-refractivity contribution in [2.24, 2.45) is 5.92 Å². The number of piperidine rings is 1. The van der Waals surface area contributed by atoms with E-state index >= 15 is 0 Å². The van der Waals surface area contributed by atoms with Gasteiger partial charge in [0.15, 0.2) is 0 Å². The molecule has 110 valence electrons. The molecule has 0 spiro atoms. The quantitative estimate of drug-likeness (QED) is 0.890. The third-order valence-electron chi connectivity index (χ3n) is 3.36. The Hall–Kier alpha value is -0.920. The second-order valence-corrected chi connectivity index (χ2v) is 7.81. The first-order chi connectivity index (χ1) is 9.38.